The second-order valence-electron chi connectivity index (χ2n) is 5.55. The normalized spacial score (nSPS) is 32.9. The number of ether oxygens (including phenoxy) is 1. The molecule has 0 radical (unpaired) electrons. The highest BCUT2D eigenvalue weighted by Crippen LogP contribution is 2.30. The summed E-state index contributed by atoms with van der Waals surface area (Å²) in [6, 6.07) is 5.06. The fourth-order valence-corrected chi connectivity index (χ4v) is 3.32. The van der Waals surface area contributed by atoms with Crippen molar-refractivity contribution in [2.45, 2.75) is 37.6 Å². The molecule has 1 aromatic heterocycles. The van der Waals surface area contributed by atoms with Gasteiger partial charge in [-0.2, -0.15) is 0 Å². The molecule has 0 aliphatic carbocycles. The molecule has 3 heterocycles. The molecule has 0 saturated carbocycles. The first-order chi connectivity index (χ1) is 8.75. The molecule has 0 unspecified atom stereocenters. The smallest absolute Gasteiger partial charge is 0.117 e. The first kappa shape index (κ1) is 12.2. The Hall–Kier alpha value is -0.840. The molecule has 0 aromatic carbocycles. The minimum Gasteiger partial charge on any atom is -0.468 e. The first-order valence-corrected chi connectivity index (χ1v) is 6.80. The number of likely N-dealkylation sites (N-methyl/N-ethyl adjacent to an activating group) is 2. The van der Waals surface area contributed by atoms with Crippen molar-refractivity contribution in [3.63, 3.8) is 0 Å². The maximum absolute atomic E-state index is 6.01. The van der Waals surface area contributed by atoms with E-state index in [1.165, 1.54) is 12.8 Å². The predicted molar refractivity (Wildman–Crippen MR) is 69.4 cm³/mol. The summed E-state index contributed by atoms with van der Waals surface area (Å²) in [5, 5.41) is 0. The van der Waals surface area contributed by atoms with Gasteiger partial charge in [0.1, 0.15) is 5.76 Å². The van der Waals surface area contributed by atoms with Crippen molar-refractivity contribution in [2.75, 3.05) is 27.2 Å². The molecule has 2 aliphatic rings. The maximum Gasteiger partial charge on any atom is 0.117 e. The van der Waals surface area contributed by atoms with E-state index in [1.807, 2.05) is 12.1 Å². The van der Waals surface area contributed by atoms with Crippen molar-refractivity contribution in [3.05, 3.63) is 24.2 Å². The van der Waals surface area contributed by atoms with Gasteiger partial charge in [0.25, 0.3) is 0 Å². The Balaban J connectivity index is 1.68. The van der Waals surface area contributed by atoms with Gasteiger partial charge in [-0.25, -0.2) is 0 Å². The SMILES string of the molecule is CN(Cc1ccco1)[C@@H]1CN(C)[C@@H]2CCCO[C@H]12. The molecule has 3 atom stereocenters. The standard InChI is InChI=1S/C14H22N2O2/c1-15(9-11-5-3-7-17-11)13-10-16(2)12-6-4-8-18-14(12)13/h3,5,7,12-14H,4,6,8-10H2,1-2H3/t12-,13-,14+/m1/s1. The van der Waals surface area contributed by atoms with Crippen LogP contribution in [0.2, 0.25) is 0 Å². The molecule has 0 amide bonds. The number of fused-ring (bicyclic) bond motifs is 1. The molecule has 3 rings (SSSR count). The van der Waals surface area contributed by atoms with Crippen molar-refractivity contribution >= 4 is 0 Å². The van der Waals surface area contributed by atoms with E-state index in [1.54, 1.807) is 6.26 Å². The molecule has 4 heteroatoms. The fraction of sp³-hybridized carbons (Fsp3) is 0.714. The van der Waals surface area contributed by atoms with Crippen LogP contribution in [-0.4, -0.2) is 55.2 Å². The third-order valence-corrected chi connectivity index (χ3v) is 4.31. The van der Waals surface area contributed by atoms with Gasteiger partial charge in [-0.05, 0) is 39.1 Å². The average molecular weight is 250 g/mol. The number of hydrogen-bond donors (Lipinski definition) is 0. The Morgan fingerprint density at radius 3 is 3.17 bits per heavy atom. The zero-order valence-electron chi connectivity index (χ0n) is 11.2. The largest absolute Gasteiger partial charge is 0.468 e. The lowest BCUT2D eigenvalue weighted by molar-refractivity contribution is -0.0362. The van der Waals surface area contributed by atoms with E-state index in [0.29, 0.717) is 18.2 Å². The van der Waals surface area contributed by atoms with Crippen molar-refractivity contribution in [1.82, 2.24) is 9.80 Å². The highest BCUT2D eigenvalue weighted by Gasteiger charge is 2.43. The van der Waals surface area contributed by atoms with Crippen LogP contribution in [0.5, 0.6) is 0 Å². The van der Waals surface area contributed by atoms with E-state index in [0.717, 1.165) is 25.5 Å². The molecule has 2 fully saturated rings. The Labute approximate surface area is 108 Å². The van der Waals surface area contributed by atoms with Gasteiger partial charge in [0.15, 0.2) is 0 Å². The third kappa shape index (κ3) is 2.20. The number of likely N-dealkylation sites (tertiary alicyclic amines) is 1. The minimum absolute atomic E-state index is 0.365. The van der Waals surface area contributed by atoms with Gasteiger partial charge in [-0.1, -0.05) is 0 Å². The van der Waals surface area contributed by atoms with Gasteiger partial charge in [0.2, 0.25) is 0 Å². The summed E-state index contributed by atoms with van der Waals surface area (Å²) < 4.78 is 11.4. The zero-order chi connectivity index (χ0) is 12.5. The van der Waals surface area contributed by atoms with Crippen molar-refractivity contribution < 1.29 is 9.15 Å². The molecule has 100 valence electrons. The van der Waals surface area contributed by atoms with Gasteiger partial charge < -0.3 is 9.15 Å². The Morgan fingerprint density at radius 2 is 2.39 bits per heavy atom. The van der Waals surface area contributed by atoms with Crippen LogP contribution in [0.15, 0.2) is 22.8 Å². The van der Waals surface area contributed by atoms with Crippen molar-refractivity contribution in [3.8, 4) is 0 Å². The summed E-state index contributed by atoms with van der Waals surface area (Å²) in [5.74, 6) is 1.03. The Morgan fingerprint density at radius 1 is 1.50 bits per heavy atom. The van der Waals surface area contributed by atoms with E-state index in [-0.39, 0.29) is 0 Å². The number of furan rings is 1. The van der Waals surface area contributed by atoms with Crippen LogP contribution in [0.1, 0.15) is 18.6 Å². The Bertz CT molecular complexity index is 379. The van der Waals surface area contributed by atoms with Crippen LogP contribution in [0.25, 0.3) is 0 Å². The van der Waals surface area contributed by atoms with E-state index in [4.69, 9.17) is 9.15 Å². The van der Waals surface area contributed by atoms with Crippen LogP contribution < -0.4 is 0 Å². The molecule has 0 spiro atoms. The van der Waals surface area contributed by atoms with Gasteiger partial charge in [-0.3, -0.25) is 9.80 Å². The minimum atomic E-state index is 0.365. The second-order valence-corrected chi connectivity index (χ2v) is 5.55. The summed E-state index contributed by atoms with van der Waals surface area (Å²) in [7, 11) is 4.38. The quantitative estimate of drug-likeness (QED) is 0.814. The van der Waals surface area contributed by atoms with Crippen molar-refractivity contribution in [1.29, 1.82) is 0 Å². The molecule has 2 saturated heterocycles. The Kier molecular flexibility index (Phi) is 3.41. The average Bonchev–Trinajstić information content (AvgIpc) is 2.98. The van der Waals surface area contributed by atoms with Crippen LogP contribution in [-0.2, 0) is 11.3 Å². The highest BCUT2D eigenvalue weighted by atomic mass is 16.5. The zero-order valence-corrected chi connectivity index (χ0v) is 11.2. The molecule has 4 nitrogen and oxygen atoms in total. The van der Waals surface area contributed by atoms with Gasteiger partial charge >= 0.3 is 0 Å². The monoisotopic (exact) mass is 250 g/mol. The molecule has 0 bridgehead atoms. The van der Waals surface area contributed by atoms with Gasteiger partial charge in [-0.15, -0.1) is 0 Å². The lowest BCUT2D eigenvalue weighted by atomic mass is 10.0. The van der Waals surface area contributed by atoms with E-state index < -0.39 is 0 Å². The summed E-state index contributed by atoms with van der Waals surface area (Å²) in [6.07, 6.45) is 4.57. The van der Waals surface area contributed by atoms with E-state index in [9.17, 15) is 0 Å². The summed E-state index contributed by atoms with van der Waals surface area (Å²) in [5.41, 5.74) is 0. The topological polar surface area (TPSA) is 28.9 Å². The summed E-state index contributed by atoms with van der Waals surface area (Å²) in [6.45, 7) is 2.87. The summed E-state index contributed by atoms with van der Waals surface area (Å²) in [4.78, 5) is 4.82. The molecular weight excluding hydrogens is 228 g/mol. The van der Waals surface area contributed by atoms with Crippen LogP contribution in [0.4, 0.5) is 0 Å². The lowest BCUT2D eigenvalue weighted by Gasteiger charge is -2.33. The van der Waals surface area contributed by atoms with Gasteiger partial charge in [0, 0.05) is 19.2 Å². The molecule has 0 N–H and O–H groups in total. The fourth-order valence-electron chi connectivity index (χ4n) is 3.32. The van der Waals surface area contributed by atoms with E-state index in [2.05, 4.69) is 23.9 Å². The third-order valence-electron chi connectivity index (χ3n) is 4.31. The summed E-state index contributed by atoms with van der Waals surface area (Å²) >= 11 is 0. The van der Waals surface area contributed by atoms with E-state index >= 15 is 0 Å². The van der Waals surface area contributed by atoms with Crippen LogP contribution in [0, 0.1) is 0 Å². The number of nitrogens with zero attached hydrogens (tertiary/aromatic N) is 2. The molecule has 1 aromatic rings. The van der Waals surface area contributed by atoms with Crippen LogP contribution >= 0.6 is 0 Å². The van der Waals surface area contributed by atoms with Gasteiger partial charge in [0.05, 0.1) is 25.0 Å². The highest BCUT2D eigenvalue weighted by molar-refractivity contribution is 5.02. The molecule has 2 aliphatic heterocycles. The lowest BCUT2D eigenvalue weighted by Crippen LogP contribution is -2.45. The molecular formula is C14H22N2O2. The van der Waals surface area contributed by atoms with Crippen LogP contribution in [0.3, 0.4) is 0 Å². The van der Waals surface area contributed by atoms with Crippen molar-refractivity contribution in [2.24, 2.45) is 0 Å². The first-order valence-electron chi connectivity index (χ1n) is 6.80. The molecule has 18 heavy (non-hydrogen) atoms. The maximum atomic E-state index is 6.01. The number of hydrogen-bond acceptors (Lipinski definition) is 4. The second kappa shape index (κ2) is 5.03. The number of rotatable bonds is 3. The predicted octanol–water partition coefficient (Wildman–Crippen LogP) is 1.57.